The average Bonchev–Trinajstić information content (AvgIpc) is 2.84. The number of nitrogens with one attached hydrogen (secondary N) is 1. The first-order chi connectivity index (χ1) is 16.4. The van der Waals surface area contributed by atoms with Crippen molar-refractivity contribution in [1.29, 1.82) is 5.41 Å². The van der Waals surface area contributed by atoms with Gasteiger partial charge in [-0.05, 0) is 61.7 Å². The van der Waals surface area contributed by atoms with Gasteiger partial charge in [-0.15, -0.1) is 0 Å². The number of amidine groups is 1. The minimum Gasteiger partial charge on any atom is -0.508 e. The Hall–Kier alpha value is -3.10. The van der Waals surface area contributed by atoms with Gasteiger partial charge in [0.1, 0.15) is 11.6 Å². The van der Waals surface area contributed by atoms with Gasteiger partial charge in [-0.1, -0.05) is 24.3 Å². The monoisotopic (exact) mass is 465 g/mol. The second-order valence-corrected chi connectivity index (χ2v) is 9.47. The molecule has 2 aliphatic rings. The van der Waals surface area contributed by atoms with Gasteiger partial charge in [0.15, 0.2) is 0 Å². The summed E-state index contributed by atoms with van der Waals surface area (Å²) in [7, 11) is 1.70. The Balaban J connectivity index is 1.38. The van der Waals surface area contributed by atoms with E-state index in [-0.39, 0.29) is 17.8 Å². The van der Waals surface area contributed by atoms with E-state index in [1.54, 1.807) is 30.2 Å². The smallest absolute Gasteiger partial charge is 0.324 e. The molecule has 8 nitrogen and oxygen atoms in total. The van der Waals surface area contributed by atoms with Gasteiger partial charge < -0.3 is 20.5 Å². The summed E-state index contributed by atoms with van der Waals surface area (Å²) in [6, 6.07) is 14.8. The number of phenolic OH excluding ortho intramolecular Hbond substituents is 1. The number of phenols is 1. The quantitative estimate of drug-likeness (QED) is 0.410. The summed E-state index contributed by atoms with van der Waals surface area (Å²) in [6.45, 7) is 5.51. The highest BCUT2D eigenvalue weighted by molar-refractivity contribution is 5.98. The molecule has 1 unspecified atom stereocenters. The van der Waals surface area contributed by atoms with Crippen LogP contribution in [0.5, 0.6) is 5.75 Å². The van der Waals surface area contributed by atoms with Gasteiger partial charge in [0.2, 0.25) is 0 Å². The molecule has 0 saturated carbocycles. The summed E-state index contributed by atoms with van der Waals surface area (Å²) in [6.07, 6.45) is 2.10. The lowest BCUT2D eigenvalue weighted by Crippen LogP contribution is -2.56. The molecule has 2 heterocycles. The minimum absolute atomic E-state index is 0.00401. The molecule has 2 aliphatic heterocycles. The fourth-order valence-corrected chi connectivity index (χ4v) is 5.00. The van der Waals surface area contributed by atoms with Crippen LogP contribution < -0.4 is 10.6 Å². The summed E-state index contributed by atoms with van der Waals surface area (Å²) < 4.78 is 5.44. The molecule has 182 valence electrons. The number of benzene rings is 2. The molecular formula is C26H35N5O3. The Labute approximate surface area is 201 Å². The summed E-state index contributed by atoms with van der Waals surface area (Å²) in [5.41, 5.74) is 8.26. The SMILES string of the molecule is COCC1CN(CC2CCN(Cc3ccc(O)cc3)CC2)C(=O)N(c2cccc(C(=N)N)c2)C1. The van der Waals surface area contributed by atoms with Gasteiger partial charge in [0, 0.05) is 50.5 Å². The fraction of sp³-hybridized carbons (Fsp3) is 0.462. The summed E-state index contributed by atoms with van der Waals surface area (Å²) in [5, 5.41) is 17.2. The summed E-state index contributed by atoms with van der Waals surface area (Å²) in [5.74, 6) is 0.975. The number of hydrogen-bond acceptors (Lipinski definition) is 5. The molecule has 0 bridgehead atoms. The molecule has 0 radical (unpaired) electrons. The Morgan fingerprint density at radius 3 is 2.53 bits per heavy atom. The van der Waals surface area contributed by atoms with E-state index in [1.807, 2.05) is 35.2 Å². The summed E-state index contributed by atoms with van der Waals surface area (Å²) >= 11 is 0. The second-order valence-electron chi connectivity index (χ2n) is 9.47. The van der Waals surface area contributed by atoms with Crippen LogP contribution in [0.25, 0.3) is 0 Å². The third-order valence-electron chi connectivity index (χ3n) is 6.82. The lowest BCUT2D eigenvalue weighted by atomic mass is 9.94. The van der Waals surface area contributed by atoms with Crippen molar-refractivity contribution in [1.82, 2.24) is 9.80 Å². The fourth-order valence-electron chi connectivity index (χ4n) is 5.00. The molecule has 8 heteroatoms. The van der Waals surface area contributed by atoms with E-state index in [4.69, 9.17) is 15.9 Å². The third kappa shape index (κ3) is 5.87. The molecule has 0 aliphatic carbocycles. The van der Waals surface area contributed by atoms with Crippen molar-refractivity contribution in [3.05, 3.63) is 59.7 Å². The topological polar surface area (TPSA) is 106 Å². The number of likely N-dealkylation sites (tertiary alicyclic amines) is 1. The average molecular weight is 466 g/mol. The van der Waals surface area contributed by atoms with Crippen molar-refractivity contribution >= 4 is 17.6 Å². The zero-order chi connectivity index (χ0) is 24.1. The molecule has 1 atom stereocenters. The number of nitrogens with zero attached hydrogens (tertiary/aromatic N) is 3. The largest absolute Gasteiger partial charge is 0.508 e. The van der Waals surface area contributed by atoms with Crippen molar-refractivity contribution in [2.75, 3.05) is 51.3 Å². The Bertz CT molecular complexity index is 988. The van der Waals surface area contributed by atoms with Crippen LogP contribution in [0.2, 0.25) is 0 Å². The molecule has 4 N–H and O–H groups in total. The van der Waals surface area contributed by atoms with Gasteiger partial charge in [-0.25, -0.2) is 4.79 Å². The first kappa shape index (κ1) is 24.0. The van der Waals surface area contributed by atoms with Crippen molar-refractivity contribution in [3.63, 3.8) is 0 Å². The lowest BCUT2D eigenvalue weighted by Gasteiger charge is -2.42. The van der Waals surface area contributed by atoms with Crippen molar-refractivity contribution in [2.24, 2.45) is 17.6 Å². The molecular weight excluding hydrogens is 430 g/mol. The lowest BCUT2D eigenvalue weighted by molar-refractivity contribution is 0.0986. The molecule has 2 fully saturated rings. The first-order valence-corrected chi connectivity index (χ1v) is 11.9. The number of nitrogen functional groups attached to an aromatic ring is 1. The number of rotatable bonds is 8. The number of hydrogen-bond donors (Lipinski definition) is 3. The van der Waals surface area contributed by atoms with E-state index in [9.17, 15) is 9.90 Å². The van der Waals surface area contributed by atoms with Crippen molar-refractivity contribution in [3.8, 4) is 5.75 Å². The van der Waals surface area contributed by atoms with E-state index in [0.717, 1.165) is 44.7 Å². The number of methoxy groups -OCH3 is 1. The van der Waals surface area contributed by atoms with E-state index in [0.29, 0.717) is 36.9 Å². The molecule has 2 aromatic rings. The number of piperidine rings is 1. The number of urea groups is 1. The maximum Gasteiger partial charge on any atom is 0.324 e. The number of amides is 2. The molecule has 4 rings (SSSR count). The van der Waals surface area contributed by atoms with Gasteiger partial charge >= 0.3 is 6.03 Å². The van der Waals surface area contributed by atoms with Crippen LogP contribution in [0.1, 0.15) is 24.0 Å². The molecule has 2 aromatic carbocycles. The molecule has 2 saturated heterocycles. The van der Waals surface area contributed by atoms with Crippen LogP contribution in [0.4, 0.5) is 10.5 Å². The number of carbonyl (C=O) groups excluding carboxylic acids is 1. The highest BCUT2D eigenvalue weighted by atomic mass is 16.5. The highest BCUT2D eigenvalue weighted by Gasteiger charge is 2.34. The van der Waals surface area contributed by atoms with E-state index in [2.05, 4.69) is 4.90 Å². The number of anilines is 1. The van der Waals surface area contributed by atoms with Crippen LogP contribution in [0.3, 0.4) is 0 Å². The van der Waals surface area contributed by atoms with Gasteiger partial charge in [-0.3, -0.25) is 15.2 Å². The molecule has 34 heavy (non-hydrogen) atoms. The van der Waals surface area contributed by atoms with Crippen LogP contribution in [0, 0.1) is 17.2 Å². The molecule has 0 spiro atoms. The Morgan fingerprint density at radius 2 is 1.85 bits per heavy atom. The minimum atomic E-state index is -0.00401. The van der Waals surface area contributed by atoms with E-state index >= 15 is 0 Å². The maximum atomic E-state index is 13.5. The predicted molar refractivity (Wildman–Crippen MR) is 133 cm³/mol. The van der Waals surface area contributed by atoms with Gasteiger partial charge in [-0.2, -0.15) is 0 Å². The van der Waals surface area contributed by atoms with Gasteiger partial charge in [0.05, 0.1) is 6.61 Å². The number of ether oxygens (including phenoxy) is 1. The predicted octanol–water partition coefficient (Wildman–Crippen LogP) is 3.09. The number of aromatic hydroxyl groups is 1. The normalized spacial score (nSPS) is 20.0. The van der Waals surface area contributed by atoms with E-state index in [1.165, 1.54) is 5.56 Å². The third-order valence-corrected chi connectivity index (χ3v) is 6.82. The first-order valence-electron chi connectivity index (χ1n) is 11.9. The van der Waals surface area contributed by atoms with Crippen LogP contribution in [0.15, 0.2) is 48.5 Å². The van der Waals surface area contributed by atoms with Gasteiger partial charge in [0.25, 0.3) is 0 Å². The van der Waals surface area contributed by atoms with Crippen LogP contribution >= 0.6 is 0 Å². The zero-order valence-corrected chi connectivity index (χ0v) is 19.8. The van der Waals surface area contributed by atoms with E-state index < -0.39 is 0 Å². The van der Waals surface area contributed by atoms with Crippen molar-refractivity contribution < 1.29 is 14.6 Å². The van der Waals surface area contributed by atoms with Crippen LogP contribution in [-0.4, -0.2) is 73.2 Å². The number of carbonyl (C=O) groups is 1. The second kappa shape index (κ2) is 10.9. The van der Waals surface area contributed by atoms with Crippen molar-refractivity contribution in [2.45, 2.75) is 19.4 Å². The highest BCUT2D eigenvalue weighted by Crippen LogP contribution is 2.27. The summed E-state index contributed by atoms with van der Waals surface area (Å²) in [4.78, 5) is 19.7. The number of nitrogens with two attached hydrogens (primary N) is 1. The Kier molecular flexibility index (Phi) is 7.70. The standard InChI is InChI=1S/C26H35N5O3/c1-34-18-21-16-30(26(33)31(17-21)23-4-2-3-22(13-23)25(27)28)15-20-9-11-29(12-10-20)14-19-5-7-24(32)8-6-19/h2-8,13,20-21,32H,9-12,14-18H2,1H3,(H3,27,28). The zero-order valence-electron chi connectivity index (χ0n) is 19.8. The molecule has 0 aromatic heterocycles. The molecule has 2 amide bonds. The maximum absolute atomic E-state index is 13.5. The Morgan fingerprint density at radius 1 is 1.12 bits per heavy atom. The van der Waals surface area contributed by atoms with Crippen LogP contribution in [-0.2, 0) is 11.3 Å².